The predicted molar refractivity (Wildman–Crippen MR) is 89.1 cm³/mol. The lowest BCUT2D eigenvalue weighted by molar-refractivity contribution is 0.0905. The topological polar surface area (TPSA) is 3.24 Å². The molecule has 2 fully saturated rings. The van der Waals surface area contributed by atoms with Crippen molar-refractivity contribution >= 4 is 0 Å². The molecular weight excluding hydrogens is 242 g/mol. The lowest BCUT2D eigenvalue weighted by Gasteiger charge is -2.41. The minimum absolute atomic E-state index is 0.944. The molecule has 1 heteroatoms. The molecule has 1 aliphatic heterocycles. The summed E-state index contributed by atoms with van der Waals surface area (Å²) in [5.41, 5.74) is 0. The van der Waals surface area contributed by atoms with Gasteiger partial charge in [0.05, 0.1) is 0 Å². The van der Waals surface area contributed by atoms with Gasteiger partial charge in [-0.25, -0.2) is 0 Å². The van der Waals surface area contributed by atoms with Crippen LogP contribution in [0.25, 0.3) is 0 Å². The molecule has 0 bridgehead atoms. The summed E-state index contributed by atoms with van der Waals surface area (Å²) < 4.78 is 0. The zero-order valence-corrected chi connectivity index (χ0v) is 14.1. The maximum atomic E-state index is 2.84. The van der Waals surface area contributed by atoms with Gasteiger partial charge in [-0.05, 0) is 63.5 Å². The summed E-state index contributed by atoms with van der Waals surface area (Å²) in [6.45, 7) is 7.46. The Morgan fingerprint density at radius 2 is 1.35 bits per heavy atom. The first kappa shape index (κ1) is 16.3. The molecule has 0 spiro atoms. The predicted octanol–water partition coefficient (Wildman–Crippen LogP) is 5.64. The molecule has 0 aromatic carbocycles. The number of hydrogen-bond acceptors (Lipinski definition) is 1. The van der Waals surface area contributed by atoms with Gasteiger partial charge < -0.3 is 4.90 Å². The molecule has 0 unspecified atom stereocenters. The van der Waals surface area contributed by atoms with Gasteiger partial charge in [-0.1, -0.05) is 52.4 Å². The van der Waals surface area contributed by atoms with E-state index in [9.17, 15) is 0 Å². The minimum Gasteiger partial charge on any atom is -0.300 e. The first-order valence-corrected chi connectivity index (χ1v) is 9.57. The van der Waals surface area contributed by atoms with Crippen LogP contribution in [-0.2, 0) is 0 Å². The minimum atomic E-state index is 0.944. The van der Waals surface area contributed by atoms with E-state index >= 15 is 0 Å². The van der Waals surface area contributed by atoms with E-state index in [0.29, 0.717) is 0 Å². The van der Waals surface area contributed by atoms with Crippen LogP contribution in [0.3, 0.4) is 0 Å². The standard InChI is InChI=1S/C19H37N/c1-3-5-6-8-18-9-11-19(12-10-18)20-15-13-17(7-4-2)14-16-20/h17-19H,3-16H2,1-2H3. The summed E-state index contributed by atoms with van der Waals surface area (Å²) in [6, 6.07) is 0.944. The zero-order valence-electron chi connectivity index (χ0n) is 14.1. The molecule has 1 heterocycles. The largest absolute Gasteiger partial charge is 0.300 e. The molecule has 20 heavy (non-hydrogen) atoms. The lowest BCUT2D eigenvalue weighted by atomic mass is 9.81. The number of unbranched alkanes of at least 4 members (excludes halogenated alkanes) is 2. The third kappa shape index (κ3) is 5.06. The van der Waals surface area contributed by atoms with Crippen LogP contribution >= 0.6 is 0 Å². The zero-order chi connectivity index (χ0) is 14.2. The van der Waals surface area contributed by atoms with E-state index in [2.05, 4.69) is 18.7 Å². The van der Waals surface area contributed by atoms with E-state index < -0.39 is 0 Å². The third-order valence-electron chi connectivity index (χ3n) is 5.89. The van der Waals surface area contributed by atoms with Crippen LogP contribution in [0.5, 0.6) is 0 Å². The van der Waals surface area contributed by atoms with Gasteiger partial charge in [0.1, 0.15) is 0 Å². The van der Waals surface area contributed by atoms with E-state index in [1.807, 2.05) is 0 Å². The summed E-state index contributed by atoms with van der Waals surface area (Å²) in [4.78, 5) is 2.84. The van der Waals surface area contributed by atoms with Crippen molar-refractivity contribution in [1.82, 2.24) is 4.90 Å². The maximum Gasteiger partial charge on any atom is 0.00954 e. The van der Waals surface area contributed by atoms with Gasteiger partial charge >= 0.3 is 0 Å². The van der Waals surface area contributed by atoms with Gasteiger partial charge in [0.15, 0.2) is 0 Å². The first-order valence-electron chi connectivity index (χ1n) is 9.57. The van der Waals surface area contributed by atoms with Crippen LogP contribution < -0.4 is 0 Å². The molecule has 0 amide bonds. The number of rotatable bonds is 7. The average molecular weight is 280 g/mol. The Labute approximate surface area is 127 Å². The fourth-order valence-corrected chi connectivity index (χ4v) is 4.50. The van der Waals surface area contributed by atoms with Gasteiger partial charge in [0.2, 0.25) is 0 Å². The smallest absolute Gasteiger partial charge is 0.00954 e. The van der Waals surface area contributed by atoms with Crippen molar-refractivity contribution in [3.05, 3.63) is 0 Å². The van der Waals surface area contributed by atoms with E-state index in [1.165, 1.54) is 90.1 Å². The van der Waals surface area contributed by atoms with Crippen LogP contribution in [0.2, 0.25) is 0 Å². The van der Waals surface area contributed by atoms with Crippen molar-refractivity contribution < 1.29 is 0 Å². The second-order valence-corrected chi connectivity index (χ2v) is 7.44. The quantitative estimate of drug-likeness (QED) is 0.545. The highest BCUT2D eigenvalue weighted by molar-refractivity contribution is 4.83. The summed E-state index contributed by atoms with van der Waals surface area (Å²) in [6.07, 6.45) is 17.7. The maximum absolute atomic E-state index is 2.84. The summed E-state index contributed by atoms with van der Waals surface area (Å²) >= 11 is 0. The third-order valence-corrected chi connectivity index (χ3v) is 5.89. The molecule has 1 nitrogen and oxygen atoms in total. The van der Waals surface area contributed by atoms with Gasteiger partial charge in [-0.15, -0.1) is 0 Å². The van der Waals surface area contributed by atoms with Crippen molar-refractivity contribution in [2.45, 2.75) is 96.9 Å². The Kier molecular flexibility index (Phi) is 7.41. The van der Waals surface area contributed by atoms with E-state index in [-0.39, 0.29) is 0 Å². The average Bonchev–Trinajstić information content (AvgIpc) is 2.49. The normalized spacial score (nSPS) is 29.7. The van der Waals surface area contributed by atoms with Crippen LogP contribution in [-0.4, -0.2) is 24.0 Å². The van der Waals surface area contributed by atoms with Crippen LogP contribution in [0.15, 0.2) is 0 Å². The van der Waals surface area contributed by atoms with E-state index in [4.69, 9.17) is 0 Å². The second-order valence-electron chi connectivity index (χ2n) is 7.44. The lowest BCUT2D eigenvalue weighted by Crippen LogP contribution is -2.43. The molecule has 0 N–H and O–H groups in total. The highest BCUT2D eigenvalue weighted by Crippen LogP contribution is 2.33. The Hall–Kier alpha value is -0.0400. The number of hydrogen-bond donors (Lipinski definition) is 0. The summed E-state index contributed by atoms with van der Waals surface area (Å²) in [5, 5.41) is 0. The van der Waals surface area contributed by atoms with E-state index in [0.717, 1.165) is 17.9 Å². The monoisotopic (exact) mass is 279 g/mol. The van der Waals surface area contributed by atoms with Gasteiger partial charge in [0.25, 0.3) is 0 Å². The van der Waals surface area contributed by atoms with Crippen LogP contribution in [0, 0.1) is 11.8 Å². The Morgan fingerprint density at radius 1 is 0.700 bits per heavy atom. The van der Waals surface area contributed by atoms with Crippen molar-refractivity contribution in [3.8, 4) is 0 Å². The molecule has 1 saturated heterocycles. The molecule has 0 aromatic heterocycles. The van der Waals surface area contributed by atoms with Crippen LogP contribution in [0.4, 0.5) is 0 Å². The molecule has 1 saturated carbocycles. The van der Waals surface area contributed by atoms with Crippen molar-refractivity contribution in [2.75, 3.05) is 13.1 Å². The highest BCUT2D eigenvalue weighted by Gasteiger charge is 2.28. The van der Waals surface area contributed by atoms with E-state index in [1.54, 1.807) is 0 Å². The fraction of sp³-hybridized carbons (Fsp3) is 1.00. The summed E-state index contributed by atoms with van der Waals surface area (Å²) in [5.74, 6) is 2.11. The molecule has 1 aliphatic carbocycles. The SMILES string of the molecule is CCCCCC1CCC(N2CCC(CCC)CC2)CC1. The van der Waals surface area contributed by atoms with Crippen molar-refractivity contribution in [3.63, 3.8) is 0 Å². The van der Waals surface area contributed by atoms with Gasteiger partial charge in [0, 0.05) is 6.04 Å². The Bertz CT molecular complexity index is 234. The molecule has 2 aliphatic rings. The molecule has 0 atom stereocenters. The summed E-state index contributed by atoms with van der Waals surface area (Å²) in [7, 11) is 0. The highest BCUT2D eigenvalue weighted by atomic mass is 15.2. The van der Waals surface area contributed by atoms with Gasteiger partial charge in [-0.3, -0.25) is 0 Å². The molecule has 0 aromatic rings. The Balaban J connectivity index is 1.62. The number of piperidine rings is 1. The second kappa shape index (κ2) is 9.07. The Morgan fingerprint density at radius 3 is 1.95 bits per heavy atom. The molecule has 2 rings (SSSR count). The van der Waals surface area contributed by atoms with Crippen molar-refractivity contribution in [1.29, 1.82) is 0 Å². The van der Waals surface area contributed by atoms with Crippen LogP contribution in [0.1, 0.15) is 90.9 Å². The fourth-order valence-electron chi connectivity index (χ4n) is 4.50. The molecular formula is C19H37N. The van der Waals surface area contributed by atoms with Crippen molar-refractivity contribution in [2.24, 2.45) is 11.8 Å². The molecule has 118 valence electrons. The number of nitrogens with zero attached hydrogens (tertiary/aromatic N) is 1. The number of likely N-dealkylation sites (tertiary alicyclic amines) is 1. The van der Waals surface area contributed by atoms with Gasteiger partial charge in [-0.2, -0.15) is 0 Å². The molecule has 0 radical (unpaired) electrons. The first-order chi connectivity index (χ1) is 9.83.